The van der Waals surface area contributed by atoms with Gasteiger partial charge in [-0.2, -0.15) is 15.1 Å². The Hall–Kier alpha value is -1.89. The maximum Gasteiger partial charge on any atom is 0.224 e. The largest absolute Gasteiger partial charge is 0.376 e. The lowest BCUT2D eigenvalue weighted by molar-refractivity contribution is 0.118. The molecule has 2 unspecified atom stereocenters. The van der Waals surface area contributed by atoms with Gasteiger partial charge < -0.3 is 15.4 Å². The Kier molecular flexibility index (Phi) is 2.55. The van der Waals surface area contributed by atoms with Crippen LogP contribution in [0.25, 0.3) is 11.0 Å². The van der Waals surface area contributed by atoms with Gasteiger partial charge in [0.05, 0.1) is 23.7 Å². The Morgan fingerprint density at radius 2 is 2.33 bits per heavy atom. The van der Waals surface area contributed by atoms with E-state index in [0.717, 1.165) is 24.2 Å². The number of nitrogens with two attached hydrogens (primary N) is 1. The second-order valence-corrected chi connectivity index (χ2v) is 4.58. The molecule has 3 N–H and O–H groups in total. The summed E-state index contributed by atoms with van der Waals surface area (Å²) in [4.78, 5) is 10.5. The predicted octanol–water partition coefficient (Wildman–Crippen LogP) is 0.549. The van der Waals surface area contributed by atoms with Gasteiger partial charge in [0.1, 0.15) is 5.82 Å². The van der Waals surface area contributed by atoms with E-state index in [1.54, 1.807) is 6.20 Å². The normalized spacial score (nSPS) is 23.7. The van der Waals surface area contributed by atoms with Crippen molar-refractivity contribution in [2.45, 2.75) is 25.5 Å². The van der Waals surface area contributed by atoms with E-state index in [1.165, 1.54) is 0 Å². The summed E-state index contributed by atoms with van der Waals surface area (Å²) in [6.07, 6.45) is 2.90. The standard InChI is InChI=1S/C11H16N6O/c1-6-8(3-4-18-6)17(2)10-7-5-13-16-9(7)14-11(12)15-10/h5-6,8H,3-4H2,1-2H3,(H3,12,13,14,15,16). The van der Waals surface area contributed by atoms with Crippen LogP contribution in [0.5, 0.6) is 0 Å². The van der Waals surface area contributed by atoms with Gasteiger partial charge in [-0.15, -0.1) is 0 Å². The number of H-pyrrole nitrogens is 1. The van der Waals surface area contributed by atoms with Crippen molar-refractivity contribution in [3.05, 3.63) is 6.20 Å². The Balaban J connectivity index is 2.04. The molecule has 2 aromatic heterocycles. The highest BCUT2D eigenvalue weighted by atomic mass is 16.5. The molecule has 3 rings (SSSR count). The number of fused-ring (bicyclic) bond motifs is 1. The third-order valence-corrected chi connectivity index (χ3v) is 3.47. The molecule has 2 atom stereocenters. The zero-order valence-electron chi connectivity index (χ0n) is 10.4. The van der Waals surface area contributed by atoms with Crippen LogP contribution in [0, 0.1) is 0 Å². The fourth-order valence-corrected chi connectivity index (χ4v) is 2.49. The van der Waals surface area contributed by atoms with Crippen LogP contribution < -0.4 is 10.6 Å². The number of nitrogens with one attached hydrogen (secondary N) is 1. The highest BCUT2D eigenvalue weighted by Gasteiger charge is 2.30. The average Bonchev–Trinajstić information content (AvgIpc) is 2.95. The molecule has 0 saturated carbocycles. The number of nitrogen functional groups attached to an aromatic ring is 1. The number of ether oxygens (including phenoxy) is 1. The summed E-state index contributed by atoms with van der Waals surface area (Å²) in [5.41, 5.74) is 6.39. The van der Waals surface area contributed by atoms with E-state index in [2.05, 4.69) is 32.0 Å². The van der Waals surface area contributed by atoms with Gasteiger partial charge >= 0.3 is 0 Å². The van der Waals surface area contributed by atoms with Crippen LogP contribution in [-0.2, 0) is 4.74 Å². The highest BCUT2D eigenvalue weighted by molar-refractivity contribution is 5.87. The fraction of sp³-hybridized carbons (Fsp3) is 0.545. The van der Waals surface area contributed by atoms with Crippen LogP contribution in [0.15, 0.2) is 6.20 Å². The van der Waals surface area contributed by atoms with Crippen molar-refractivity contribution in [1.82, 2.24) is 20.2 Å². The lowest BCUT2D eigenvalue weighted by Crippen LogP contribution is -2.37. The zero-order chi connectivity index (χ0) is 12.7. The number of nitrogens with zero attached hydrogens (tertiary/aromatic N) is 4. The van der Waals surface area contributed by atoms with Crippen molar-refractivity contribution < 1.29 is 4.74 Å². The first-order chi connectivity index (χ1) is 8.66. The van der Waals surface area contributed by atoms with E-state index in [0.29, 0.717) is 11.7 Å². The average molecular weight is 248 g/mol. The monoisotopic (exact) mass is 248 g/mol. The van der Waals surface area contributed by atoms with Crippen molar-refractivity contribution in [1.29, 1.82) is 0 Å². The molecule has 3 heterocycles. The van der Waals surface area contributed by atoms with Gasteiger partial charge in [-0.05, 0) is 13.3 Å². The SMILES string of the molecule is CC1OCCC1N(C)c1nc(N)nc2[nH]ncc12. The van der Waals surface area contributed by atoms with Crippen molar-refractivity contribution in [2.75, 3.05) is 24.3 Å². The summed E-state index contributed by atoms with van der Waals surface area (Å²) >= 11 is 0. The first-order valence-corrected chi connectivity index (χ1v) is 5.98. The van der Waals surface area contributed by atoms with E-state index < -0.39 is 0 Å². The predicted molar refractivity (Wildman–Crippen MR) is 68.3 cm³/mol. The minimum absolute atomic E-state index is 0.188. The molecule has 96 valence electrons. The van der Waals surface area contributed by atoms with Gasteiger partial charge in [-0.25, -0.2) is 0 Å². The van der Waals surface area contributed by atoms with E-state index in [4.69, 9.17) is 10.5 Å². The van der Waals surface area contributed by atoms with Crippen LogP contribution in [0.3, 0.4) is 0 Å². The van der Waals surface area contributed by atoms with Gasteiger partial charge in [-0.3, -0.25) is 5.10 Å². The summed E-state index contributed by atoms with van der Waals surface area (Å²) in [6, 6.07) is 0.303. The minimum atomic E-state index is 0.188. The maximum atomic E-state index is 5.73. The fourth-order valence-electron chi connectivity index (χ4n) is 2.49. The number of hydrogen-bond acceptors (Lipinski definition) is 6. The molecule has 1 aliphatic heterocycles. The van der Waals surface area contributed by atoms with Gasteiger partial charge in [0.2, 0.25) is 5.95 Å². The molecule has 0 spiro atoms. The van der Waals surface area contributed by atoms with Crippen LogP contribution in [0.4, 0.5) is 11.8 Å². The summed E-state index contributed by atoms with van der Waals surface area (Å²) in [5, 5.41) is 7.69. The number of anilines is 2. The van der Waals surface area contributed by atoms with Crippen molar-refractivity contribution in [3.8, 4) is 0 Å². The number of aromatic nitrogens is 4. The first kappa shape index (κ1) is 11.2. The molecule has 0 aromatic carbocycles. The third kappa shape index (κ3) is 1.67. The Bertz CT molecular complexity index is 568. The van der Waals surface area contributed by atoms with Gasteiger partial charge in [0.25, 0.3) is 0 Å². The van der Waals surface area contributed by atoms with E-state index >= 15 is 0 Å². The smallest absolute Gasteiger partial charge is 0.224 e. The van der Waals surface area contributed by atoms with Crippen LogP contribution >= 0.6 is 0 Å². The first-order valence-electron chi connectivity index (χ1n) is 5.98. The Labute approximate surface area is 104 Å². The Morgan fingerprint density at radius 3 is 3.06 bits per heavy atom. The number of aromatic amines is 1. The van der Waals surface area contributed by atoms with E-state index in [-0.39, 0.29) is 12.1 Å². The molecule has 1 aliphatic rings. The molecule has 1 saturated heterocycles. The Morgan fingerprint density at radius 1 is 1.50 bits per heavy atom. The molecule has 7 heteroatoms. The summed E-state index contributed by atoms with van der Waals surface area (Å²) in [7, 11) is 2.00. The summed E-state index contributed by atoms with van der Waals surface area (Å²) < 4.78 is 5.59. The molecule has 0 radical (unpaired) electrons. The highest BCUT2D eigenvalue weighted by Crippen LogP contribution is 2.28. The lowest BCUT2D eigenvalue weighted by Gasteiger charge is -2.28. The van der Waals surface area contributed by atoms with Gasteiger partial charge in [-0.1, -0.05) is 0 Å². The molecular weight excluding hydrogens is 232 g/mol. The third-order valence-electron chi connectivity index (χ3n) is 3.47. The van der Waals surface area contributed by atoms with Crippen LogP contribution in [0.2, 0.25) is 0 Å². The molecule has 2 aromatic rings. The molecule has 0 aliphatic carbocycles. The lowest BCUT2D eigenvalue weighted by atomic mass is 10.1. The van der Waals surface area contributed by atoms with Gasteiger partial charge in [0, 0.05) is 13.7 Å². The second-order valence-electron chi connectivity index (χ2n) is 4.58. The molecule has 7 nitrogen and oxygen atoms in total. The number of rotatable bonds is 2. The topological polar surface area (TPSA) is 93.0 Å². The molecule has 1 fully saturated rings. The van der Waals surface area contributed by atoms with Crippen molar-refractivity contribution in [2.24, 2.45) is 0 Å². The van der Waals surface area contributed by atoms with Crippen LogP contribution in [-0.4, -0.2) is 46.0 Å². The quantitative estimate of drug-likeness (QED) is 0.806. The molecular formula is C11H16N6O. The molecule has 18 heavy (non-hydrogen) atoms. The zero-order valence-corrected chi connectivity index (χ0v) is 10.4. The summed E-state index contributed by atoms with van der Waals surface area (Å²) in [6.45, 7) is 2.86. The maximum absolute atomic E-state index is 5.73. The van der Waals surface area contributed by atoms with Crippen LogP contribution in [0.1, 0.15) is 13.3 Å². The molecule has 0 bridgehead atoms. The van der Waals surface area contributed by atoms with Gasteiger partial charge in [0.15, 0.2) is 5.65 Å². The minimum Gasteiger partial charge on any atom is -0.376 e. The van der Waals surface area contributed by atoms with Crippen molar-refractivity contribution in [3.63, 3.8) is 0 Å². The van der Waals surface area contributed by atoms with Crippen molar-refractivity contribution >= 4 is 22.8 Å². The van der Waals surface area contributed by atoms with E-state index in [1.807, 2.05) is 7.05 Å². The van der Waals surface area contributed by atoms with E-state index in [9.17, 15) is 0 Å². The summed E-state index contributed by atoms with van der Waals surface area (Å²) in [5.74, 6) is 1.05. The molecule has 0 amide bonds. The number of hydrogen-bond donors (Lipinski definition) is 2. The second kappa shape index (κ2) is 4.09. The number of likely N-dealkylation sites (N-methyl/N-ethyl adjacent to an activating group) is 1.